The van der Waals surface area contributed by atoms with Gasteiger partial charge in [-0.25, -0.2) is 4.79 Å². The molecule has 2 atom stereocenters. The second kappa shape index (κ2) is 13.1. The summed E-state index contributed by atoms with van der Waals surface area (Å²) in [6.07, 6.45) is 0.127. The summed E-state index contributed by atoms with van der Waals surface area (Å²) in [7, 11) is 0. The highest BCUT2D eigenvalue weighted by molar-refractivity contribution is 5.86. The molecule has 0 spiro atoms. The van der Waals surface area contributed by atoms with Crippen LogP contribution < -0.4 is 10.6 Å². The number of hydrogen-bond acceptors (Lipinski definition) is 5. The molecule has 166 valence electrons. The molecule has 0 heterocycles. The quantitative estimate of drug-likeness (QED) is 0.534. The monoisotopic (exact) mass is 426 g/mol. The van der Waals surface area contributed by atoms with E-state index in [9.17, 15) is 14.4 Å². The molecule has 0 aromatic heterocycles. The highest BCUT2D eigenvalue weighted by Crippen LogP contribution is 2.07. The Labute approximate surface area is 183 Å². The van der Waals surface area contributed by atoms with Gasteiger partial charge < -0.3 is 20.1 Å². The molecule has 2 aromatic carbocycles. The number of amides is 2. The van der Waals surface area contributed by atoms with Crippen LogP contribution in [0.4, 0.5) is 4.79 Å². The van der Waals surface area contributed by atoms with E-state index in [-0.39, 0.29) is 38.0 Å². The van der Waals surface area contributed by atoms with Crippen LogP contribution in [0.5, 0.6) is 0 Å². The third-order valence-electron chi connectivity index (χ3n) is 4.70. The average Bonchev–Trinajstić information content (AvgIpc) is 2.80. The van der Waals surface area contributed by atoms with Gasteiger partial charge in [0.25, 0.3) is 0 Å². The second-order valence-electron chi connectivity index (χ2n) is 7.26. The molecule has 0 fully saturated rings. The van der Waals surface area contributed by atoms with E-state index in [1.807, 2.05) is 74.5 Å². The van der Waals surface area contributed by atoms with Crippen molar-refractivity contribution in [2.45, 2.75) is 58.4 Å². The summed E-state index contributed by atoms with van der Waals surface area (Å²) in [5, 5.41) is 5.39. The predicted octanol–water partition coefficient (Wildman–Crippen LogP) is 3.72. The van der Waals surface area contributed by atoms with Crippen molar-refractivity contribution in [3.8, 4) is 0 Å². The van der Waals surface area contributed by atoms with E-state index in [1.54, 1.807) is 0 Å². The second-order valence-corrected chi connectivity index (χ2v) is 7.26. The Morgan fingerprint density at radius 2 is 1.39 bits per heavy atom. The van der Waals surface area contributed by atoms with Gasteiger partial charge in [0.05, 0.1) is 0 Å². The van der Waals surface area contributed by atoms with Crippen molar-refractivity contribution in [3.05, 3.63) is 71.8 Å². The fourth-order valence-corrected chi connectivity index (χ4v) is 2.69. The van der Waals surface area contributed by atoms with Gasteiger partial charge in [-0.05, 0) is 30.9 Å². The van der Waals surface area contributed by atoms with E-state index in [1.165, 1.54) is 0 Å². The summed E-state index contributed by atoms with van der Waals surface area (Å²) in [6.45, 7) is 4.07. The summed E-state index contributed by atoms with van der Waals surface area (Å²) < 4.78 is 10.5. The van der Waals surface area contributed by atoms with Crippen LogP contribution in [0.1, 0.15) is 44.2 Å². The molecule has 2 rings (SSSR count). The maximum Gasteiger partial charge on any atom is 0.408 e. The zero-order valence-electron chi connectivity index (χ0n) is 18.0. The lowest BCUT2D eigenvalue weighted by Crippen LogP contribution is -2.49. The standard InChI is InChI=1S/C24H30N2O5/c1-3-18(2)25-23(28)21(26-24(29)31-17-20-12-8-5-9-13-20)14-15-22(27)30-16-19-10-6-4-7-11-19/h4-13,18,21H,3,14-17H2,1-2H3,(H,25,28)(H,26,29)/t18-,21-/m0/s1. The molecule has 31 heavy (non-hydrogen) atoms. The number of carbonyl (C=O) groups excluding carboxylic acids is 3. The summed E-state index contributed by atoms with van der Waals surface area (Å²) >= 11 is 0. The first-order valence-electron chi connectivity index (χ1n) is 10.4. The molecular formula is C24H30N2O5. The average molecular weight is 427 g/mol. The number of esters is 1. The Kier molecular flexibility index (Phi) is 10.1. The van der Waals surface area contributed by atoms with Gasteiger partial charge in [-0.15, -0.1) is 0 Å². The van der Waals surface area contributed by atoms with Crippen molar-refractivity contribution < 1.29 is 23.9 Å². The van der Waals surface area contributed by atoms with Gasteiger partial charge in [-0.1, -0.05) is 67.6 Å². The summed E-state index contributed by atoms with van der Waals surface area (Å²) in [5.74, 6) is -0.800. The first kappa shape index (κ1) is 23.9. The minimum Gasteiger partial charge on any atom is -0.461 e. The van der Waals surface area contributed by atoms with Crippen LogP contribution in [0.3, 0.4) is 0 Å². The summed E-state index contributed by atoms with van der Waals surface area (Å²) in [6, 6.07) is 17.6. The highest BCUT2D eigenvalue weighted by atomic mass is 16.5. The van der Waals surface area contributed by atoms with Gasteiger partial charge in [0.2, 0.25) is 5.91 Å². The largest absolute Gasteiger partial charge is 0.461 e. The first-order valence-corrected chi connectivity index (χ1v) is 10.4. The van der Waals surface area contributed by atoms with Crippen LogP contribution in [-0.4, -0.2) is 30.1 Å². The van der Waals surface area contributed by atoms with Crippen molar-refractivity contribution in [1.29, 1.82) is 0 Å². The Balaban J connectivity index is 1.86. The maximum atomic E-state index is 12.6. The third-order valence-corrected chi connectivity index (χ3v) is 4.70. The van der Waals surface area contributed by atoms with Crippen LogP contribution in [0.25, 0.3) is 0 Å². The summed E-state index contributed by atoms with van der Waals surface area (Å²) in [4.78, 5) is 36.9. The Bertz CT molecular complexity index is 826. The van der Waals surface area contributed by atoms with E-state index in [0.717, 1.165) is 17.5 Å². The number of nitrogens with one attached hydrogen (secondary N) is 2. The predicted molar refractivity (Wildman–Crippen MR) is 117 cm³/mol. The molecule has 7 heteroatoms. The molecule has 0 bridgehead atoms. The maximum absolute atomic E-state index is 12.6. The number of carbonyl (C=O) groups is 3. The van der Waals surface area contributed by atoms with Gasteiger partial charge in [-0.3, -0.25) is 9.59 Å². The minimum atomic E-state index is -0.901. The van der Waals surface area contributed by atoms with E-state index in [0.29, 0.717) is 0 Å². The first-order chi connectivity index (χ1) is 15.0. The van der Waals surface area contributed by atoms with Crippen LogP contribution in [0, 0.1) is 0 Å². The van der Waals surface area contributed by atoms with Gasteiger partial charge >= 0.3 is 12.1 Å². The van der Waals surface area contributed by atoms with Gasteiger partial charge in [0.1, 0.15) is 19.3 Å². The Morgan fingerprint density at radius 3 is 1.94 bits per heavy atom. The third kappa shape index (κ3) is 9.33. The van der Waals surface area contributed by atoms with Crippen molar-refractivity contribution in [2.75, 3.05) is 0 Å². The highest BCUT2D eigenvalue weighted by Gasteiger charge is 2.24. The van der Waals surface area contributed by atoms with Gasteiger partial charge in [-0.2, -0.15) is 0 Å². The molecule has 0 aliphatic rings. The molecule has 0 aliphatic heterocycles. The number of hydrogen-bond donors (Lipinski definition) is 2. The number of benzene rings is 2. The molecule has 0 saturated heterocycles. The molecule has 0 aliphatic carbocycles. The zero-order chi connectivity index (χ0) is 22.5. The lowest BCUT2D eigenvalue weighted by Gasteiger charge is -2.20. The minimum absolute atomic E-state index is 0.00953. The van der Waals surface area contributed by atoms with Crippen molar-refractivity contribution in [3.63, 3.8) is 0 Å². The van der Waals surface area contributed by atoms with Crippen molar-refractivity contribution >= 4 is 18.0 Å². The van der Waals surface area contributed by atoms with Crippen LogP contribution in [-0.2, 0) is 32.3 Å². The Hall–Kier alpha value is -3.35. The van der Waals surface area contributed by atoms with Crippen LogP contribution in [0.15, 0.2) is 60.7 Å². The molecule has 2 amide bonds. The van der Waals surface area contributed by atoms with E-state index < -0.39 is 18.1 Å². The topological polar surface area (TPSA) is 93.7 Å². The van der Waals surface area contributed by atoms with Crippen LogP contribution in [0.2, 0.25) is 0 Å². The molecular weight excluding hydrogens is 396 g/mol. The molecule has 0 unspecified atom stereocenters. The van der Waals surface area contributed by atoms with Gasteiger partial charge in [0, 0.05) is 12.5 Å². The Morgan fingerprint density at radius 1 is 0.839 bits per heavy atom. The zero-order valence-corrected chi connectivity index (χ0v) is 18.0. The van der Waals surface area contributed by atoms with E-state index in [2.05, 4.69) is 10.6 Å². The molecule has 2 N–H and O–H groups in total. The van der Waals surface area contributed by atoms with Gasteiger partial charge in [0.15, 0.2) is 0 Å². The smallest absolute Gasteiger partial charge is 0.408 e. The fraction of sp³-hybridized carbons (Fsp3) is 0.375. The fourth-order valence-electron chi connectivity index (χ4n) is 2.69. The number of rotatable bonds is 11. The number of alkyl carbamates (subject to hydrolysis) is 1. The summed E-state index contributed by atoms with van der Waals surface area (Å²) in [5.41, 5.74) is 1.72. The van der Waals surface area contributed by atoms with Crippen molar-refractivity contribution in [1.82, 2.24) is 10.6 Å². The molecule has 0 radical (unpaired) electrons. The van der Waals surface area contributed by atoms with E-state index >= 15 is 0 Å². The lowest BCUT2D eigenvalue weighted by atomic mass is 10.1. The SMILES string of the molecule is CC[C@H](C)NC(=O)[C@H](CCC(=O)OCc1ccccc1)NC(=O)OCc1ccccc1. The molecule has 2 aromatic rings. The van der Waals surface area contributed by atoms with Crippen LogP contribution >= 0.6 is 0 Å². The normalized spacial score (nSPS) is 12.3. The molecule has 0 saturated carbocycles. The van der Waals surface area contributed by atoms with E-state index in [4.69, 9.17) is 9.47 Å². The lowest BCUT2D eigenvalue weighted by molar-refractivity contribution is -0.145. The molecule has 7 nitrogen and oxygen atoms in total. The number of ether oxygens (including phenoxy) is 2. The van der Waals surface area contributed by atoms with Crippen molar-refractivity contribution in [2.24, 2.45) is 0 Å².